The molecule has 0 amide bonds. The zero-order valence-corrected chi connectivity index (χ0v) is 9.02. The van der Waals surface area contributed by atoms with Crippen LogP contribution in [0.25, 0.3) is 0 Å². The molecular formula is C13H16FN. The molecule has 2 aliphatic rings. The van der Waals surface area contributed by atoms with Gasteiger partial charge in [-0.2, -0.15) is 0 Å². The molecule has 1 atom stereocenters. The van der Waals surface area contributed by atoms with E-state index in [9.17, 15) is 4.39 Å². The third-order valence-electron chi connectivity index (χ3n) is 3.66. The first-order valence-corrected chi connectivity index (χ1v) is 5.78. The Hall–Kier alpha value is -0.890. The summed E-state index contributed by atoms with van der Waals surface area (Å²) in [7, 11) is 0. The van der Waals surface area contributed by atoms with Crippen LogP contribution in [0.4, 0.5) is 4.39 Å². The molecule has 1 nitrogen and oxygen atoms in total. The van der Waals surface area contributed by atoms with Gasteiger partial charge < -0.3 is 5.32 Å². The molecule has 1 aliphatic carbocycles. The number of aryl methyl sites for hydroxylation is 1. The molecule has 1 heterocycles. The third kappa shape index (κ3) is 1.48. The summed E-state index contributed by atoms with van der Waals surface area (Å²) in [5.74, 6) is 0.743. The fourth-order valence-electron chi connectivity index (χ4n) is 2.73. The molecule has 3 rings (SSSR count). The van der Waals surface area contributed by atoms with E-state index in [0.29, 0.717) is 6.04 Å². The van der Waals surface area contributed by atoms with Crippen LogP contribution in [0.5, 0.6) is 0 Å². The van der Waals surface area contributed by atoms with Gasteiger partial charge in [0.25, 0.3) is 0 Å². The fourth-order valence-corrected chi connectivity index (χ4v) is 2.73. The Morgan fingerprint density at radius 2 is 2.13 bits per heavy atom. The van der Waals surface area contributed by atoms with E-state index in [-0.39, 0.29) is 5.82 Å². The number of hydrogen-bond donors (Lipinski definition) is 1. The van der Waals surface area contributed by atoms with Crippen LogP contribution < -0.4 is 5.32 Å². The molecule has 1 aromatic carbocycles. The summed E-state index contributed by atoms with van der Waals surface area (Å²) >= 11 is 0. The molecule has 0 bridgehead atoms. The number of rotatable bonds is 1. The van der Waals surface area contributed by atoms with Crippen molar-refractivity contribution < 1.29 is 4.39 Å². The first-order valence-electron chi connectivity index (χ1n) is 5.78. The summed E-state index contributed by atoms with van der Waals surface area (Å²) in [6, 6.07) is 3.95. The van der Waals surface area contributed by atoms with E-state index in [4.69, 9.17) is 0 Å². The smallest absolute Gasteiger partial charge is 0.126 e. The summed E-state index contributed by atoms with van der Waals surface area (Å²) in [4.78, 5) is 0. The van der Waals surface area contributed by atoms with Gasteiger partial charge in [0.05, 0.1) is 0 Å². The van der Waals surface area contributed by atoms with Crippen LogP contribution >= 0.6 is 0 Å². The van der Waals surface area contributed by atoms with Gasteiger partial charge in [0.1, 0.15) is 5.82 Å². The molecule has 2 heteroatoms. The van der Waals surface area contributed by atoms with Crippen LogP contribution in [0.15, 0.2) is 12.1 Å². The molecule has 1 aliphatic heterocycles. The maximum atomic E-state index is 13.7. The summed E-state index contributed by atoms with van der Waals surface area (Å²) in [5, 5.41) is 3.54. The molecule has 80 valence electrons. The topological polar surface area (TPSA) is 12.0 Å². The Morgan fingerprint density at radius 1 is 1.33 bits per heavy atom. The lowest BCUT2D eigenvalue weighted by Crippen LogP contribution is -2.32. The minimum absolute atomic E-state index is 0.0113. The molecule has 1 fully saturated rings. The van der Waals surface area contributed by atoms with Crippen molar-refractivity contribution in [3.05, 3.63) is 34.6 Å². The summed E-state index contributed by atoms with van der Waals surface area (Å²) in [5.41, 5.74) is 3.46. The highest BCUT2D eigenvalue weighted by Crippen LogP contribution is 2.44. The average Bonchev–Trinajstić information content (AvgIpc) is 3.07. The van der Waals surface area contributed by atoms with Crippen molar-refractivity contribution in [2.45, 2.75) is 32.2 Å². The molecule has 0 spiro atoms. The van der Waals surface area contributed by atoms with Crippen LogP contribution in [-0.2, 0) is 6.42 Å². The fraction of sp³-hybridized carbons (Fsp3) is 0.538. The predicted octanol–water partition coefficient (Wildman–Crippen LogP) is 2.73. The highest BCUT2D eigenvalue weighted by molar-refractivity contribution is 5.40. The molecule has 1 aromatic rings. The van der Waals surface area contributed by atoms with E-state index >= 15 is 0 Å². The lowest BCUT2D eigenvalue weighted by Gasteiger charge is -2.29. The Balaban J connectivity index is 2.11. The summed E-state index contributed by atoms with van der Waals surface area (Å²) in [6.45, 7) is 3.02. The van der Waals surface area contributed by atoms with Gasteiger partial charge in [0, 0.05) is 6.04 Å². The SMILES string of the molecule is Cc1ccc(F)c2c1C(C1CC1)NCC2. The lowest BCUT2D eigenvalue weighted by molar-refractivity contribution is 0.444. The van der Waals surface area contributed by atoms with Gasteiger partial charge in [0.15, 0.2) is 0 Å². The Labute approximate surface area is 89.7 Å². The first kappa shape index (κ1) is 9.34. The maximum Gasteiger partial charge on any atom is 0.126 e. The quantitative estimate of drug-likeness (QED) is 0.743. The van der Waals surface area contributed by atoms with E-state index in [1.54, 1.807) is 6.07 Å². The van der Waals surface area contributed by atoms with Gasteiger partial charge >= 0.3 is 0 Å². The highest BCUT2D eigenvalue weighted by Gasteiger charge is 2.36. The van der Waals surface area contributed by atoms with Crippen molar-refractivity contribution in [2.24, 2.45) is 5.92 Å². The minimum atomic E-state index is -0.0113. The standard InChI is InChI=1S/C13H16FN/c1-8-2-5-11(14)10-6-7-15-13(12(8)10)9-3-4-9/h2,5,9,13,15H,3-4,6-7H2,1H3. The zero-order chi connectivity index (χ0) is 10.4. The normalized spacial score (nSPS) is 25.1. The van der Waals surface area contributed by atoms with Gasteiger partial charge in [-0.25, -0.2) is 4.39 Å². The maximum absolute atomic E-state index is 13.7. The molecule has 0 radical (unpaired) electrons. The van der Waals surface area contributed by atoms with E-state index in [0.717, 1.165) is 24.4 Å². The second kappa shape index (κ2) is 3.31. The first-order chi connectivity index (χ1) is 7.27. The Bertz CT molecular complexity index is 396. The Morgan fingerprint density at radius 3 is 2.87 bits per heavy atom. The lowest BCUT2D eigenvalue weighted by atomic mass is 9.88. The largest absolute Gasteiger partial charge is 0.309 e. The number of hydrogen-bond acceptors (Lipinski definition) is 1. The second-order valence-corrected chi connectivity index (χ2v) is 4.78. The monoisotopic (exact) mass is 205 g/mol. The van der Waals surface area contributed by atoms with E-state index < -0.39 is 0 Å². The molecule has 1 unspecified atom stereocenters. The predicted molar refractivity (Wildman–Crippen MR) is 58.3 cm³/mol. The average molecular weight is 205 g/mol. The van der Waals surface area contributed by atoms with Crippen LogP contribution in [0.3, 0.4) is 0 Å². The zero-order valence-electron chi connectivity index (χ0n) is 9.02. The van der Waals surface area contributed by atoms with E-state index in [1.165, 1.54) is 24.0 Å². The molecule has 1 N–H and O–H groups in total. The number of benzene rings is 1. The summed E-state index contributed by atoms with van der Waals surface area (Å²) in [6.07, 6.45) is 3.44. The van der Waals surface area contributed by atoms with Crippen molar-refractivity contribution in [1.82, 2.24) is 5.32 Å². The molecule has 15 heavy (non-hydrogen) atoms. The Kier molecular flexibility index (Phi) is 2.06. The van der Waals surface area contributed by atoms with Gasteiger partial charge in [-0.15, -0.1) is 0 Å². The minimum Gasteiger partial charge on any atom is -0.309 e. The molecule has 0 saturated heterocycles. The van der Waals surface area contributed by atoms with Crippen molar-refractivity contribution >= 4 is 0 Å². The number of nitrogens with one attached hydrogen (secondary N) is 1. The van der Waals surface area contributed by atoms with Crippen molar-refractivity contribution in [1.29, 1.82) is 0 Å². The van der Waals surface area contributed by atoms with E-state index in [1.807, 2.05) is 6.07 Å². The molecule has 0 aromatic heterocycles. The van der Waals surface area contributed by atoms with Crippen LogP contribution in [0, 0.1) is 18.7 Å². The van der Waals surface area contributed by atoms with E-state index in [2.05, 4.69) is 12.2 Å². The number of halogens is 1. The molecule has 1 saturated carbocycles. The van der Waals surface area contributed by atoms with Crippen molar-refractivity contribution in [3.63, 3.8) is 0 Å². The second-order valence-electron chi connectivity index (χ2n) is 4.78. The van der Waals surface area contributed by atoms with Crippen LogP contribution in [0.1, 0.15) is 35.6 Å². The van der Waals surface area contributed by atoms with Gasteiger partial charge in [-0.3, -0.25) is 0 Å². The van der Waals surface area contributed by atoms with Crippen LogP contribution in [0.2, 0.25) is 0 Å². The highest BCUT2D eigenvalue weighted by atomic mass is 19.1. The van der Waals surface area contributed by atoms with Gasteiger partial charge in [-0.05, 0) is 61.4 Å². The summed E-state index contributed by atoms with van der Waals surface area (Å²) < 4.78 is 13.7. The number of fused-ring (bicyclic) bond motifs is 1. The molecular weight excluding hydrogens is 189 g/mol. The van der Waals surface area contributed by atoms with Crippen LogP contribution in [-0.4, -0.2) is 6.54 Å². The third-order valence-corrected chi connectivity index (χ3v) is 3.66. The van der Waals surface area contributed by atoms with Gasteiger partial charge in [0.2, 0.25) is 0 Å². The van der Waals surface area contributed by atoms with Crippen molar-refractivity contribution in [3.8, 4) is 0 Å². The van der Waals surface area contributed by atoms with Gasteiger partial charge in [-0.1, -0.05) is 6.07 Å². The van der Waals surface area contributed by atoms with Crippen molar-refractivity contribution in [2.75, 3.05) is 6.54 Å².